The Kier molecular flexibility index (Phi) is 3.28. The first-order valence-corrected chi connectivity index (χ1v) is 5.86. The van der Waals surface area contributed by atoms with Crippen LogP contribution >= 0.6 is 0 Å². The van der Waals surface area contributed by atoms with E-state index in [4.69, 9.17) is 10.2 Å². The van der Waals surface area contributed by atoms with E-state index in [0.29, 0.717) is 6.07 Å². The van der Waals surface area contributed by atoms with Crippen LogP contribution in [0.25, 0.3) is 11.0 Å². The summed E-state index contributed by atoms with van der Waals surface area (Å²) in [7, 11) is 0. The van der Waals surface area contributed by atoms with Crippen molar-refractivity contribution in [2.45, 2.75) is 32.0 Å². The molecule has 0 spiro atoms. The topological polar surface area (TPSA) is 39.2 Å². The third kappa shape index (κ3) is 1.96. The molecule has 0 aliphatic rings. The van der Waals surface area contributed by atoms with Gasteiger partial charge in [0.15, 0.2) is 16.9 Å². The van der Waals surface area contributed by atoms with Crippen molar-refractivity contribution in [3.05, 3.63) is 35.1 Å². The summed E-state index contributed by atoms with van der Waals surface area (Å²) in [4.78, 5) is 0. The second-order valence-corrected chi connectivity index (χ2v) is 4.64. The van der Waals surface area contributed by atoms with Gasteiger partial charge in [-0.25, -0.2) is 8.78 Å². The zero-order valence-corrected chi connectivity index (χ0v) is 10.7. The molecule has 0 amide bonds. The highest BCUT2D eigenvalue weighted by Crippen LogP contribution is 2.43. The van der Waals surface area contributed by atoms with E-state index in [1.54, 1.807) is 0 Å². The molecule has 0 bridgehead atoms. The van der Waals surface area contributed by atoms with Crippen molar-refractivity contribution in [2.75, 3.05) is 0 Å². The maximum absolute atomic E-state index is 13.6. The fraction of sp³-hybridized carbons (Fsp3) is 0.385. The standard InChI is InChI=1S/C13H12F5NO/c1-3-12(19,13(16,17)18)11-6(2)8-4-7(14)5-9(15)10(8)20-11/h4-5H,3,19H2,1-2H3. The van der Waals surface area contributed by atoms with Crippen molar-refractivity contribution >= 4 is 11.0 Å². The Morgan fingerprint density at radius 3 is 2.30 bits per heavy atom. The van der Waals surface area contributed by atoms with E-state index in [1.165, 1.54) is 13.8 Å². The van der Waals surface area contributed by atoms with E-state index in [2.05, 4.69) is 0 Å². The minimum atomic E-state index is -4.77. The van der Waals surface area contributed by atoms with Gasteiger partial charge < -0.3 is 10.2 Å². The molecule has 0 saturated heterocycles. The highest BCUT2D eigenvalue weighted by molar-refractivity contribution is 5.83. The Bertz CT molecular complexity index is 661. The molecule has 1 heterocycles. The molecule has 1 aromatic carbocycles. The minimum absolute atomic E-state index is 0.0138. The quantitative estimate of drug-likeness (QED) is 0.845. The maximum Gasteiger partial charge on any atom is 0.413 e. The first-order chi connectivity index (χ1) is 9.11. The van der Waals surface area contributed by atoms with Crippen LogP contribution in [0.15, 0.2) is 16.5 Å². The van der Waals surface area contributed by atoms with Gasteiger partial charge in [0.2, 0.25) is 0 Å². The Labute approximate surface area is 111 Å². The summed E-state index contributed by atoms with van der Waals surface area (Å²) < 4.78 is 71.1. The number of hydrogen-bond donors (Lipinski definition) is 1. The average Bonchev–Trinajstić information content (AvgIpc) is 2.65. The van der Waals surface area contributed by atoms with Gasteiger partial charge >= 0.3 is 6.18 Å². The van der Waals surface area contributed by atoms with E-state index < -0.39 is 41.1 Å². The molecule has 0 fully saturated rings. The first kappa shape index (κ1) is 14.8. The lowest BCUT2D eigenvalue weighted by atomic mass is 9.90. The van der Waals surface area contributed by atoms with Gasteiger partial charge in [0.05, 0.1) is 0 Å². The van der Waals surface area contributed by atoms with Gasteiger partial charge in [-0.1, -0.05) is 6.92 Å². The van der Waals surface area contributed by atoms with Crippen molar-refractivity contribution in [3.63, 3.8) is 0 Å². The fourth-order valence-electron chi connectivity index (χ4n) is 2.16. The van der Waals surface area contributed by atoms with Crippen LogP contribution in [0.1, 0.15) is 24.7 Å². The third-order valence-electron chi connectivity index (χ3n) is 3.43. The van der Waals surface area contributed by atoms with Gasteiger partial charge in [-0.3, -0.25) is 0 Å². The van der Waals surface area contributed by atoms with E-state index >= 15 is 0 Å². The molecule has 2 N–H and O–H groups in total. The number of aryl methyl sites for hydroxylation is 1. The molecule has 2 aromatic rings. The van der Waals surface area contributed by atoms with Gasteiger partial charge in [-0.2, -0.15) is 13.2 Å². The number of furan rings is 1. The number of nitrogens with two attached hydrogens (primary N) is 1. The van der Waals surface area contributed by atoms with Gasteiger partial charge in [0.1, 0.15) is 11.6 Å². The SMILES string of the molecule is CCC(N)(c1oc2c(F)cc(F)cc2c1C)C(F)(F)F. The van der Waals surface area contributed by atoms with E-state index in [-0.39, 0.29) is 10.9 Å². The Morgan fingerprint density at radius 2 is 1.80 bits per heavy atom. The predicted molar refractivity (Wildman–Crippen MR) is 63.1 cm³/mol. The highest BCUT2D eigenvalue weighted by Gasteiger charge is 2.55. The largest absolute Gasteiger partial charge is 0.455 e. The highest BCUT2D eigenvalue weighted by atomic mass is 19.4. The predicted octanol–water partition coefficient (Wildman–Crippen LogP) is 4.15. The third-order valence-corrected chi connectivity index (χ3v) is 3.43. The van der Waals surface area contributed by atoms with Gasteiger partial charge in [-0.15, -0.1) is 0 Å². The summed E-state index contributed by atoms with van der Waals surface area (Å²) in [6.45, 7) is 2.54. The maximum atomic E-state index is 13.6. The molecule has 2 rings (SSSR count). The minimum Gasteiger partial charge on any atom is -0.455 e. The molecule has 1 aromatic heterocycles. The summed E-state index contributed by atoms with van der Waals surface area (Å²) >= 11 is 0. The van der Waals surface area contributed by atoms with Gasteiger partial charge in [-0.05, 0) is 19.4 Å². The van der Waals surface area contributed by atoms with Crippen molar-refractivity contribution in [3.8, 4) is 0 Å². The van der Waals surface area contributed by atoms with E-state index in [0.717, 1.165) is 6.07 Å². The second-order valence-electron chi connectivity index (χ2n) is 4.64. The van der Waals surface area contributed by atoms with Crippen molar-refractivity contribution in [1.82, 2.24) is 0 Å². The van der Waals surface area contributed by atoms with E-state index in [1.807, 2.05) is 0 Å². The molecule has 1 unspecified atom stereocenters. The Morgan fingerprint density at radius 1 is 1.20 bits per heavy atom. The average molecular weight is 293 g/mol. The van der Waals surface area contributed by atoms with Crippen LogP contribution in [-0.4, -0.2) is 6.18 Å². The number of rotatable bonds is 2. The lowest BCUT2D eigenvalue weighted by molar-refractivity contribution is -0.195. The molecule has 7 heteroatoms. The normalized spacial score (nSPS) is 15.6. The van der Waals surface area contributed by atoms with Crippen molar-refractivity contribution in [2.24, 2.45) is 5.73 Å². The van der Waals surface area contributed by atoms with Gasteiger partial charge in [0, 0.05) is 17.0 Å². The summed E-state index contributed by atoms with van der Waals surface area (Å²) in [5, 5.41) is -0.0509. The molecule has 2 nitrogen and oxygen atoms in total. The molecule has 0 aliphatic heterocycles. The number of fused-ring (bicyclic) bond motifs is 1. The van der Waals surface area contributed by atoms with Crippen LogP contribution in [-0.2, 0) is 5.54 Å². The van der Waals surface area contributed by atoms with Crippen LogP contribution in [0, 0.1) is 18.6 Å². The van der Waals surface area contributed by atoms with Crippen LogP contribution in [0.3, 0.4) is 0 Å². The molecule has 1 atom stereocenters. The zero-order valence-electron chi connectivity index (χ0n) is 10.7. The molecule has 0 radical (unpaired) electrons. The summed E-state index contributed by atoms with van der Waals surface area (Å²) in [5.41, 5.74) is 2.24. The number of alkyl halides is 3. The van der Waals surface area contributed by atoms with E-state index in [9.17, 15) is 22.0 Å². The molecule has 110 valence electrons. The molecule has 0 saturated carbocycles. The second kappa shape index (κ2) is 4.44. The summed E-state index contributed by atoms with van der Waals surface area (Å²) in [6, 6.07) is 1.47. The van der Waals surface area contributed by atoms with Crippen LogP contribution in [0.2, 0.25) is 0 Å². The van der Waals surface area contributed by atoms with Gasteiger partial charge in [0.25, 0.3) is 0 Å². The summed E-state index contributed by atoms with van der Waals surface area (Å²) in [5.74, 6) is -2.54. The summed E-state index contributed by atoms with van der Waals surface area (Å²) in [6.07, 6.45) is -5.25. The zero-order chi connectivity index (χ0) is 15.3. The molecule has 0 aliphatic carbocycles. The smallest absolute Gasteiger partial charge is 0.413 e. The Hall–Kier alpha value is -1.63. The first-order valence-electron chi connectivity index (χ1n) is 5.86. The monoisotopic (exact) mass is 293 g/mol. The van der Waals surface area contributed by atoms with Crippen LogP contribution in [0.4, 0.5) is 22.0 Å². The number of benzene rings is 1. The molecular weight excluding hydrogens is 281 g/mol. The van der Waals surface area contributed by atoms with Crippen LogP contribution in [0.5, 0.6) is 0 Å². The fourth-order valence-corrected chi connectivity index (χ4v) is 2.16. The van der Waals surface area contributed by atoms with Crippen molar-refractivity contribution < 1.29 is 26.4 Å². The number of halogens is 5. The lowest BCUT2D eigenvalue weighted by Gasteiger charge is -2.29. The Balaban J connectivity index is 2.79. The number of hydrogen-bond acceptors (Lipinski definition) is 2. The van der Waals surface area contributed by atoms with Crippen molar-refractivity contribution in [1.29, 1.82) is 0 Å². The van der Waals surface area contributed by atoms with Crippen LogP contribution < -0.4 is 5.73 Å². The lowest BCUT2D eigenvalue weighted by Crippen LogP contribution is -2.50. The molecular formula is C13H12F5NO. The molecule has 20 heavy (non-hydrogen) atoms.